The van der Waals surface area contributed by atoms with E-state index in [0.29, 0.717) is 0 Å². The third kappa shape index (κ3) is 7.08. The Labute approximate surface area is 243 Å². The van der Waals surface area contributed by atoms with E-state index in [1.165, 1.54) is 39.4 Å². The van der Waals surface area contributed by atoms with Crippen molar-refractivity contribution in [2.24, 2.45) is 0 Å². The molecular weight excluding hydrogens is 499 g/mol. The molecule has 0 unspecified atom stereocenters. The third-order valence-corrected chi connectivity index (χ3v) is 10.3. The van der Waals surface area contributed by atoms with Crippen LogP contribution >= 0.6 is 0 Å². The normalized spacial score (nSPS) is 11.6. The maximum absolute atomic E-state index is 4.37. The molecule has 2 nitrogen and oxygen atoms in total. The van der Waals surface area contributed by atoms with Crippen LogP contribution in [0.15, 0.2) is 158 Å². The van der Waals surface area contributed by atoms with Gasteiger partial charge in [-0.15, -0.1) is 5.98 Å². The smallest absolute Gasteiger partial charge is 0.130 e. The van der Waals surface area contributed by atoms with Crippen molar-refractivity contribution in [2.75, 3.05) is 0 Å². The van der Waals surface area contributed by atoms with E-state index in [4.69, 9.17) is 0 Å². The molecule has 0 aliphatic rings. The zero-order valence-electron chi connectivity index (χ0n) is 23.9. The summed E-state index contributed by atoms with van der Waals surface area (Å²) in [6.07, 6.45) is 9.46. The van der Waals surface area contributed by atoms with Gasteiger partial charge in [0, 0.05) is 12.4 Å². The summed E-state index contributed by atoms with van der Waals surface area (Å²) in [4.78, 5) is 4.37. The zero-order chi connectivity index (χ0) is 28.0. The first-order valence-corrected chi connectivity index (χ1v) is 15.9. The van der Waals surface area contributed by atoms with E-state index < -0.39 is 9.52 Å². The Balaban J connectivity index is 0.000000210. The summed E-state index contributed by atoms with van der Waals surface area (Å²) < 4.78 is 2.32. The van der Waals surface area contributed by atoms with Crippen LogP contribution in [0.25, 0.3) is 5.57 Å². The Morgan fingerprint density at radius 1 is 0.775 bits per heavy atom. The minimum Gasteiger partial charge on any atom is -0.327 e. The van der Waals surface area contributed by atoms with Crippen molar-refractivity contribution in [3.8, 4) is 0 Å². The van der Waals surface area contributed by atoms with E-state index >= 15 is 0 Å². The molecule has 0 atom stereocenters. The average Bonchev–Trinajstić information content (AvgIpc) is 3.56. The molecule has 40 heavy (non-hydrogen) atoms. The van der Waals surface area contributed by atoms with E-state index in [1.807, 2.05) is 24.7 Å². The van der Waals surface area contributed by atoms with E-state index in [9.17, 15) is 0 Å². The molecule has 200 valence electrons. The standard InChI is InChI=1S/C22H26N2Si.C14H13B/c1-3-10-19(2)17-25-22(24-16-15-23-18-24,20-11-6-4-7-12-20)21-13-8-5-9-14-21;15-11-14(12-7-3-1-4-8-12)13-9-5-2-6-10-13/h4-16,18H,3,17,25H2,1-2H3;1-11H,15H2. The fourth-order valence-corrected chi connectivity index (χ4v) is 7.81. The van der Waals surface area contributed by atoms with Gasteiger partial charge in [0.05, 0.1) is 21.0 Å². The second kappa shape index (κ2) is 14.9. The predicted molar refractivity (Wildman–Crippen MR) is 177 cm³/mol. The molecule has 5 rings (SSSR count). The lowest BCUT2D eigenvalue weighted by atomic mass is 9.92. The minimum absolute atomic E-state index is 0.109. The first kappa shape index (κ1) is 28.8. The van der Waals surface area contributed by atoms with Crippen molar-refractivity contribution in [2.45, 2.75) is 31.5 Å². The fraction of sp³-hybridized carbons (Fsp3) is 0.139. The number of benzene rings is 4. The highest BCUT2D eigenvalue weighted by atomic mass is 28.2. The van der Waals surface area contributed by atoms with Crippen LogP contribution in [-0.4, -0.2) is 26.9 Å². The molecule has 0 saturated carbocycles. The van der Waals surface area contributed by atoms with Gasteiger partial charge >= 0.3 is 0 Å². The molecule has 1 heterocycles. The first-order chi connectivity index (χ1) is 19.7. The highest BCUT2D eigenvalue weighted by Gasteiger charge is 2.35. The molecule has 4 heteroatoms. The number of rotatable bonds is 9. The van der Waals surface area contributed by atoms with Crippen molar-refractivity contribution < 1.29 is 0 Å². The largest absolute Gasteiger partial charge is 0.327 e. The molecule has 0 aliphatic carbocycles. The number of allylic oxidation sites excluding steroid dienone is 2. The fourth-order valence-electron chi connectivity index (χ4n) is 5.36. The monoisotopic (exact) mass is 538 g/mol. The van der Waals surface area contributed by atoms with Crippen molar-refractivity contribution in [3.63, 3.8) is 0 Å². The molecule has 5 aromatic rings. The highest BCUT2D eigenvalue weighted by Crippen LogP contribution is 2.34. The number of nitrogens with zero attached hydrogens (tertiary/aromatic N) is 2. The van der Waals surface area contributed by atoms with E-state index in [0.717, 1.165) is 6.42 Å². The highest BCUT2D eigenvalue weighted by molar-refractivity contribution is 6.42. The summed E-state index contributed by atoms with van der Waals surface area (Å²) in [5.41, 5.74) is 8.05. The van der Waals surface area contributed by atoms with Crippen LogP contribution in [0.2, 0.25) is 6.04 Å². The molecule has 0 spiro atoms. The lowest BCUT2D eigenvalue weighted by Crippen LogP contribution is -2.41. The summed E-state index contributed by atoms with van der Waals surface area (Å²) >= 11 is 0. The quantitative estimate of drug-likeness (QED) is 0.142. The Bertz CT molecular complexity index is 1380. The van der Waals surface area contributed by atoms with Gasteiger partial charge in [-0.25, -0.2) is 4.98 Å². The Hall–Kier alpha value is -4.15. The number of hydrogen-bond acceptors (Lipinski definition) is 1. The van der Waals surface area contributed by atoms with Crippen LogP contribution in [-0.2, 0) is 5.16 Å². The minimum atomic E-state index is -0.560. The Morgan fingerprint density at radius 2 is 1.25 bits per heavy atom. The molecule has 1 aromatic heterocycles. The second-order valence-electron chi connectivity index (χ2n) is 9.96. The van der Waals surface area contributed by atoms with Gasteiger partial charge in [0.15, 0.2) is 0 Å². The van der Waals surface area contributed by atoms with E-state index in [1.54, 1.807) is 0 Å². The molecule has 0 N–H and O–H groups in total. The van der Waals surface area contributed by atoms with Crippen LogP contribution in [0.4, 0.5) is 0 Å². The maximum atomic E-state index is 4.37. The van der Waals surface area contributed by atoms with Crippen LogP contribution in [0.3, 0.4) is 0 Å². The Morgan fingerprint density at radius 3 is 1.65 bits per heavy atom. The summed E-state index contributed by atoms with van der Waals surface area (Å²) in [7, 11) is 1.52. The van der Waals surface area contributed by atoms with Gasteiger partial charge < -0.3 is 4.57 Å². The molecule has 0 bridgehead atoms. The van der Waals surface area contributed by atoms with Gasteiger partial charge in [0.2, 0.25) is 0 Å². The van der Waals surface area contributed by atoms with Crippen LogP contribution in [0.1, 0.15) is 42.5 Å². The third-order valence-electron chi connectivity index (χ3n) is 7.34. The molecule has 4 aromatic carbocycles. The van der Waals surface area contributed by atoms with Gasteiger partial charge in [-0.3, -0.25) is 0 Å². The lowest BCUT2D eigenvalue weighted by Gasteiger charge is -2.37. The summed E-state index contributed by atoms with van der Waals surface area (Å²) in [5, 5.41) is -0.109. The number of imidazole rings is 1. The maximum Gasteiger partial charge on any atom is 0.130 e. The number of aromatic nitrogens is 2. The van der Waals surface area contributed by atoms with Gasteiger partial charge in [-0.2, -0.15) is 0 Å². The first-order valence-electron chi connectivity index (χ1n) is 14.2. The molecular formula is C36H39BN2Si. The molecule has 0 amide bonds. The topological polar surface area (TPSA) is 17.8 Å². The van der Waals surface area contributed by atoms with Crippen LogP contribution < -0.4 is 0 Å². The number of hydrogen-bond donors (Lipinski definition) is 0. The van der Waals surface area contributed by atoms with Gasteiger partial charge in [0.25, 0.3) is 0 Å². The molecule has 0 saturated heterocycles. The average molecular weight is 539 g/mol. The predicted octanol–water partition coefficient (Wildman–Crippen LogP) is 7.28. The molecule has 0 radical (unpaired) electrons. The van der Waals surface area contributed by atoms with Crippen molar-refractivity contribution in [1.82, 2.24) is 9.55 Å². The van der Waals surface area contributed by atoms with Crippen LogP contribution in [0, 0.1) is 0 Å². The summed E-state index contributed by atoms with van der Waals surface area (Å²) in [6.45, 7) is 4.48. The van der Waals surface area contributed by atoms with Crippen molar-refractivity contribution in [1.29, 1.82) is 0 Å². The van der Waals surface area contributed by atoms with Crippen LogP contribution in [0.5, 0.6) is 0 Å². The van der Waals surface area contributed by atoms with Gasteiger partial charge in [-0.1, -0.05) is 140 Å². The van der Waals surface area contributed by atoms with E-state index in [2.05, 4.69) is 159 Å². The second-order valence-corrected chi connectivity index (χ2v) is 12.0. The summed E-state index contributed by atoms with van der Waals surface area (Å²) in [6, 6.07) is 43.9. The molecule has 0 aliphatic heterocycles. The van der Waals surface area contributed by atoms with Crippen molar-refractivity contribution in [3.05, 3.63) is 180 Å². The van der Waals surface area contributed by atoms with Gasteiger partial charge in [-0.05, 0) is 47.2 Å². The SMILES string of the molecule is BC=C(c1ccccc1)c1ccccc1.CCC=C(C)C[SiH2]C(c1ccccc1)(c1ccccc1)n1ccnc1. The molecule has 0 fully saturated rings. The zero-order valence-corrected chi connectivity index (χ0v) is 25.4. The lowest BCUT2D eigenvalue weighted by molar-refractivity contribution is 0.592. The van der Waals surface area contributed by atoms with E-state index in [-0.39, 0.29) is 5.16 Å². The van der Waals surface area contributed by atoms with Crippen molar-refractivity contribution >= 4 is 22.9 Å². The van der Waals surface area contributed by atoms with Gasteiger partial charge in [0.1, 0.15) is 7.85 Å². The Kier molecular flexibility index (Phi) is 10.7. The summed E-state index contributed by atoms with van der Waals surface area (Å²) in [5.74, 6) is 2.16.